The van der Waals surface area contributed by atoms with Crippen molar-refractivity contribution in [3.8, 4) is 0 Å². The molecular weight excluding hydrogens is 282 g/mol. The first-order valence-corrected chi connectivity index (χ1v) is 7.15. The topological polar surface area (TPSA) is 131 Å². The van der Waals surface area contributed by atoms with Crippen molar-refractivity contribution in [3.63, 3.8) is 0 Å². The molecule has 20 heavy (non-hydrogen) atoms. The summed E-state index contributed by atoms with van der Waals surface area (Å²) in [5, 5.41) is 17.2. The zero-order valence-electron chi connectivity index (χ0n) is 10.8. The number of amides is 1. The minimum Gasteiger partial charge on any atom is -0.320 e. The van der Waals surface area contributed by atoms with Crippen LogP contribution in [-0.2, 0) is 10.0 Å². The lowest BCUT2D eigenvalue weighted by molar-refractivity contribution is 0.102. The summed E-state index contributed by atoms with van der Waals surface area (Å²) in [5.74, 6) is -0.493. The standard InChI is InChI=1S/C11H13N5O3S/c1-6-3-8(20(12,18)19)4-9(7(6)2)14-11(17)10-5-13-16-15-10/h3-5H,1-2H3,(H,14,17)(H2,12,18,19)(H,13,15,16). The molecule has 1 heterocycles. The van der Waals surface area contributed by atoms with Crippen LogP contribution in [-0.4, -0.2) is 29.7 Å². The number of nitrogens with one attached hydrogen (secondary N) is 2. The van der Waals surface area contributed by atoms with Gasteiger partial charge in [0.1, 0.15) is 0 Å². The molecule has 8 nitrogen and oxygen atoms in total. The Morgan fingerprint density at radius 1 is 1.35 bits per heavy atom. The molecule has 0 saturated carbocycles. The average molecular weight is 295 g/mol. The van der Waals surface area contributed by atoms with Crippen LogP contribution in [0.4, 0.5) is 5.69 Å². The third-order valence-electron chi connectivity index (χ3n) is 2.87. The van der Waals surface area contributed by atoms with E-state index < -0.39 is 15.9 Å². The summed E-state index contributed by atoms with van der Waals surface area (Å²) in [6.07, 6.45) is 1.26. The number of aromatic amines is 1. The average Bonchev–Trinajstić information content (AvgIpc) is 2.87. The minimum absolute atomic E-state index is 0.0592. The second-order valence-electron chi connectivity index (χ2n) is 4.27. The molecule has 4 N–H and O–H groups in total. The van der Waals surface area contributed by atoms with Crippen molar-refractivity contribution >= 4 is 21.6 Å². The van der Waals surface area contributed by atoms with Crippen molar-refractivity contribution in [2.45, 2.75) is 18.7 Å². The SMILES string of the molecule is Cc1cc(S(N)(=O)=O)cc(NC(=O)c2cn[nH]n2)c1C. The second-order valence-corrected chi connectivity index (χ2v) is 5.83. The molecule has 0 bridgehead atoms. The molecular formula is C11H13N5O3S. The predicted octanol–water partition coefficient (Wildman–Crippen LogP) is 0.321. The molecule has 0 spiro atoms. The summed E-state index contributed by atoms with van der Waals surface area (Å²) in [6.45, 7) is 3.50. The van der Waals surface area contributed by atoms with E-state index in [2.05, 4.69) is 20.7 Å². The number of primary sulfonamides is 1. The molecule has 1 aromatic carbocycles. The molecule has 9 heteroatoms. The lowest BCUT2D eigenvalue weighted by Gasteiger charge is -2.11. The van der Waals surface area contributed by atoms with E-state index in [0.717, 1.165) is 5.56 Å². The Morgan fingerprint density at radius 3 is 2.60 bits per heavy atom. The van der Waals surface area contributed by atoms with Gasteiger partial charge in [-0.05, 0) is 37.1 Å². The summed E-state index contributed by atoms with van der Waals surface area (Å²) in [7, 11) is -3.84. The van der Waals surface area contributed by atoms with Crippen molar-refractivity contribution in [1.82, 2.24) is 15.4 Å². The van der Waals surface area contributed by atoms with Gasteiger partial charge < -0.3 is 5.32 Å². The van der Waals surface area contributed by atoms with Crippen molar-refractivity contribution in [2.75, 3.05) is 5.32 Å². The van der Waals surface area contributed by atoms with E-state index in [1.54, 1.807) is 13.8 Å². The number of hydrogen-bond donors (Lipinski definition) is 3. The number of hydrogen-bond acceptors (Lipinski definition) is 5. The van der Waals surface area contributed by atoms with Crippen LogP contribution in [0.2, 0.25) is 0 Å². The number of sulfonamides is 1. The zero-order valence-corrected chi connectivity index (χ0v) is 11.7. The number of carbonyl (C=O) groups is 1. The quantitative estimate of drug-likeness (QED) is 0.750. The van der Waals surface area contributed by atoms with Gasteiger partial charge >= 0.3 is 0 Å². The van der Waals surface area contributed by atoms with Crippen LogP contribution in [0.5, 0.6) is 0 Å². The van der Waals surface area contributed by atoms with Gasteiger partial charge in [0.05, 0.1) is 11.1 Å². The number of aromatic nitrogens is 3. The van der Waals surface area contributed by atoms with Gasteiger partial charge in [0.15, 0.2) is 5.69 Å². The molecule has 106 valence electrons. The molecule has 1 aromatic heterocycles. The van der Waals surface area contributed by atoms with Crippen molar-refractivity contribution in [1.29, 1.82) is 0 Å². The molecule has 1 amide bonds. The van der Waals surface area contributed by atoms with Crippen LogP contribution >= 0.6 is 0 Å². The van der Waals surface area contributed by atoms with Crippen LogP contribution in [0.25, 0.3) is 0 Å². The van der Waals surface area contributed by atoms with Crippen LogP contribution in [0.3, 0.4) is 0 Å². The maximum Gasteiger partial charge on any atom is 0.277 e. The van der Waals surface area contributed by atoms with E-state index in [9.17, 15) is 13.2 Å². The van der Waals surface area contributed by atoms with Crippen LogP contribution in [0, 0.1) is 13.8 Å². The number of rotatable bonds is 3. The number of benzene rings is 1. The minimum atomic E-state index is -3.84. The fraction of sp³-hybridized carbons (Fsp3) is 0.182. The molecule has 0 aliphatic carbocycles. The van der Waals surface area contributed by atoms with Gasteiger partial charge in [0.25, 0.3) is 5.91 Å². The van der Waals surface area contributed by atoms with E-state index in [0.29, 0.717) is 11.3 Å². The number of aryl methyl sites for hydroxylation is 1. The summed E-state index contributed by atoms with van der Waals surface area (Å²) in [4.78, 5) is 11.8. The molecule has 0 atom stereocenters. The molecule has 0 aliphatic rings. The summed E-state index contributed by atoms with van der Waals surface area (Å²) in [5.41, 5.74) is 1.91. The van der Waals surface area contributed by atoms with Gasteiger partial charge in [0.2, 0.25) is 10.0 Å². The Morgan fingerprint density at radius 2 is 2.05 bits per heavy atom. The molecule has 0 fully saturated rings. The van der Waals surface area contributed by atoms with Crippen LogP contribution in [0.1, 0.15) is 21.6 Å². The number of anilines is 1. The van der Waals surface area contributed by atoms with Gasteiger partial charge in [-0.1, -0.05) is 0 Å². The molecule has 0 radical (unpaired) electrons. The first-order valence-electron chi connectivity index (χ1n) is 5.60. The molecule has 0 saturated heterocycles. The lowest BCUT2D eigenvalue weighted by atomic mass is 10.1. The van der Waals surface area contributed by atoms with Crippen LogP contribution < -0.4 is 10.5 Å². The second kappa shape index (κ2) is 5.02. The maximum atomic E-state index is 11.9. The first kappa shape index (κ1) is 14.2. The van der Waals surface area contributed by atoms with Gasteiger partial charge in [-0.2, -0.15) is 15.4 Å². The highest BCUT2D eigenvalue weighted by Crippen LogP contribution is 2.23. The van der Waals surface area contributed by atoms with Gasteiger partial charge in [0, 0.05) is 5.69 Å². The van der Waals surface area contributed by atoms with E-state index in [-0.39, 0.29) is 10.6 Å². The van der Waals surface area contributed by atoms with Crippen LogP contribution in [0.15, 0.2) is 23.2 Å². The van der Waals surface area contributed by atoms with Gasteiger partial charge in [-0.3, -0.25) is 4.79 Å². The summed E-state index contributed by atoms with van der Waals surface area (Å²) in [6, 6.07) is 2.77. The van der Waals surface area contributed by atoms with E-state index >= 15 is 0 Å². The van der Waals surface area contributed by atoms with E-state index in [1.807, 2.05) is 0 Å². The van der Waals surface area contributed by atoms with Gasteiger partial charge in [-0.15, -0.1) is 0 Å². The smallest absolute Gasteiger partial charge is 0.277 e. The third kappa shape index (κ3) is 2.83. The van der Waals surface area contributed by atoms with E-state index in [1.165, 1.54) is 18.3 Å². The summed E-state index contributed by atoms with van der Waals surface area (Å²) >= 11 is 0. The van der Waals surface area contributed by atoms with Crippen molar-refractivity contribution in [2.24, 2.45) is 5.14 Å². The highest BCUT2D eigenvalue weighted by Gasteiger charge is 2.15. The highest BCUT2D eigenvalue weighted by molar-refractivity contribution is 7.89. The first-order chi connectivity index (χ1) is 9.29. The molecule has 2 aromatic rings. The molecule has 0 aliphatic heterocycles. The molecule has 0 unspecified atom stereocenters. The fourth-order valence-corrected chi connectivity index (χ4v) is 2.24. The Kier molecular flexibility index (Phi) is 3.55. The Balaban J connectivity index is 2.41. The maximum absolute atomic E-state index is 11.9. The number of carbonyl (C=O) groups excluding carboxylic acids is 1. The number of nitrogens with zero attached hydrogens (tertiary/aromatic N) is 2. The van der Waals surface area contributed by atoms with Crippen molar-refractivity contribution < 1.29 is 13.2 Å². The number of H-pyrrole nitrogens is 1. The third-order valence-corrected chi connectivity index (χ3v) is 3.76. The Hall–Kier alpha value is -2.26. The van der Waals surface area contributed by atoms with E-state index in [4.69, 9.17) is 5.14 Å². The highest BCUT2D eigenvalue weighted by atomic mass is 32.2. The molecule has 2 rings (SSSR count). The number of nitrogens with two attached hydrogens (primary N) is 1. The predicted molar refractivity (Wildman–Crippen MR) is 71.6 cm³/mol. The van der Waals surface area contributed by atoms with Crippen molar-refractivity contribution in [3.05, 3.63) is 35.2 Å². The fourth-order valence-electron chi connectivity index (χ4n) is 1.62. The van der Waals surface area contributed by atoms with Gasteiger partial charge in [-0.25, -0.2) is 13.6 Å². The normalized spacial score (nSPS) is 11.3. The summed E-state index contributed by atoms with van der Waals surface area (Å²) < 4.78 is 22.8. The largest absolute Gasteiger partial charge is 0.320 e. The lowest BCUT2D eigenvalue weighted by Crippen LogP contribution is -2.16. The monoisotopic (exact) mass is 295 g/mol. The zero-order chi connectivity index (χ0) is 14.9. The Bertz CT molecular complexity index is 753. The Labute approximate surface area is 115 Å².